The number of hydrogen-bond donors (Lipinski definition) is 0. The van der Waals surface area contributed by atoms with Gasteiger partial charge in [-0.25, -0.2) is 0 Å². The predicted octanol–water partition coefficient (Wildman–Crippen LogP) is 3.83. The number of sulfonamides is 1. The number of nitrogens with zero attached hydrogens (tertiary/aromatic N) is 1. The lowest BCUT2D eigenvalue weighted by molar-refractivity contribution is 0.101. The third-order valence-corrected chi connectivity index (χ3v) is 8.29. The molecule has 3 aromatic heterocycles. The molecule has 114 valence electrons. The summed E-state index contributed by atoms with van der Waals surface area (Å²) in [4.78, 5) is 14.8. The molecule has 0 fully saturated rings. The first-order valence-electron chi connectivity index (χ1n) is 6.51. The van der Waals surface area contributed by atoms with Crippen molar-refractivity contribution < 1.29 is 17.6 Å². The molecular weight excluding hydrogens is 342 g/mol. The van der Waals surface area contributed by atoms with Gasteiger partial charge in [-0.3, -0.25) is 4.79 Å². The van der Waals surface area contributed by atoms with E-state index in [0.717, 1.165) is 24.1 Å². The Labute approximate surface area is 134 Å². The van der Waals surface area contributed by atoms with E-state index < -0.39 is 15.9 Å². The molecule has 0 saturated heterocycles. The van der Waals surface area contributed by atoms with Crippen LogP contribution in [0.2, 0.25) is 0 Å². The zero-order chi connectivity index (χ0) is 15.8. The molecule has 4 rings (SSSR count). The second kappa shape index (κ2) is 4.21. The van der Waals surface area contributed by atoms with Gasteiger partial charge in [0.1, 0.15) is 5.76 Å². The van der Waals surface area contributed by atoms with Gasteiger partial charge in [0.25, 0.3) is 15.9 Å². The van der Waals surface area contributed by atoms with E-state index >= 15 is 0 Å². The van der Waals surface area contributed by atoms with E-state index in [9.17, 15) is 13.2 Å². The van der Waals surface area contributed by atoms with Crippen LogP contribution in [-0.2, 0) is 10.0 Å². The SMILES string of the molecule is Cc1ccc(N2C(=O)c3c(sc4c(C)sc(C)c34)S2(=O)=O)o1. The van der Waals surface area contributed by atoms with Crippen LogP contribution in [0.15, 0.2) is 20.8 Å². The maximum atomic E-state index is 12.8. The quantitative estimate of drug-likeness (QED) is 0.667. The highest BCUT2D eigenvalue weighted by atomic mass is 32.2. The first kappa shape index (κ1) is 14.0. The van der Waals surface area contributed by atoms with Gasteiger partial charge in [0.15, 0.2) is 4.21 Å². The minimum Gasteiger partial charge on any atom is -0.444 e. The molecule has 0 spiro atoms. The molecule has 22 heavy (non-hydrogen) atoms. The molecule has 5 nitrogen and oxygen atoms in total. The minimum absolute atomic E-state index is 0.0451. The Morgan fingerprint density at radius 3 is 2.45 bits per heavy atom. The van der Waals surface area contributed by atoms with Gasteiger partial charge in [-0.1, -0.05) is 0 Å². The third kappa shape index (κ3) is 1.57. The van der Waals surface area contributed by atoms with E-state index in [1.54, 1.807) is 24.3 Å². The number of carbonyl (C=O) groups excluding carboxylic acids is 1. The topological polar surface area (TPSA) is 67.6 Å². The molecule has 0 aromatic carbocycles. The smallest absolute Gasteiger partial charge is 0.283 e. The Hall–Kier alpha value is -1.64. The van der Waals surface area contributed by atoms with Gasteiger partial charge in [0, 0.05) is 21.2 Å². The minimum atomic E-state index is -3.89. The van der Waals surface area contributed by atoms with Crippen molar-refractivity contribution in [3.8, 4) is 0 Å². The summed E-state index contributed by atoms with van der Waals surface area (Å²) in [7, 11) is -3.89. The number of rotatable bonds is 1. The van der Waals surface area contributed by atoms with Crippen LogP contribution >= 0.6 is 22.7 Å². The van der Waals surface area contributed by atoms with Crippen molar-refractivity contribution in [1.82, 2.24) is 0 Å². The van der Waals surface area contributed by atoms with Gasteiger partial charge < -0.3 is 4.42 Å². The van der Waals surface area contributed by atoms with Crippen molar-refractivity contribution in [3.63, 3.8) is 0 Å². The zero-order valence-electron chi connectivity index (χ0n) is 12.0. The Morgan fingerprint density at radius 2 is 1.82 bits per heavy atom. The lowest BCUT2D eigenvalue weighted by Gasteiger charge is -2.11. The van der Waals surface area contributed by atoms with Gasteiger partial charge >= 0.3 is 0 Å². The highest BCUT2D eigenvalue weighted by Gasteiger charge is 2.47. The van der Waals surface area contributed by atoms with Crippen molar-refractivity contribution in [2.75, 3.05) is 4.31 Å². The van der Waals surface area contributed by atoms with Gasteiger partial charge in [0.2, 0.25) is 5.88 Å². The Balaban J connectivity index is 2.04. The standard InChI is InChI=1S/C14H11NO4S3/c1-6-4-5-9(19-6)15-13(16)11-10-7(2)20-8(3)12(10)21-14(11)22(15,17)18/h4-5H,1-3H3. The second-order valence-corrected chi connectivity index (χ2v) is 9.57. The molecule has 4 heterocycles. The molecule has 0 unspecified atom stereocenters. The van der Waals surface area contributed by atoms with Crippen LogP contribution in [0.5, 0.6) is 0 Å². The molecule has 1 amide bonds. The molecule has 0 N–H and O–H groups in total. The molecule has 0 saturated carbocycles. The number of thiophene rings is 2. The maximum absolute atomic E-state index is 12.8. The van der Waals surface area contributed by atoms with E-state index in [1.165, 1.54) is 17.4 Å². The van der Waals surface area contributed by atoms with Gasteiger partial charge in [-0.2, -0.15) is 12.7 Å². The normalized spacial score (nSPS) is 16.7. The van der Waals surface area contributed by atoms with Crippen LogP contribution in [0.1, 0.15) is 25.9 Å². The van der Waals surface area contributed by atoms with Crippen molar-refractivity contribution in [1.29, 1.82) is 0 Å². The lowest BCUT2D eigenvalue weighted by atomic mass is 10.2. The first-order chi connectivity index (χ1) is 10.3. The van der Waals surface area contributed by atoms with E-state index in [0.29, 0.717) is 5.76 Å². The second-order valence-electron chi connectivity index (χ2n) is 5.14. The summed E-state index contributed by atoms with van der Waals surface area (Å²) in [5, 5.41) is 0.766. The number of aryl methyl sites for hydroxylation is 3. The molecule has 1 aliphatic rings. The van der Waals surface area contributed by atoms with E-state index in [4.69, 9.17) is 4.42 Å². The lowest BCUT2D eigenvalue weighted by Crippen LogP contribution is -2.29. The van der Waals surface area contributed by atoms with Crippen LogP contribution < -0.4 is 4.31 Å². The van der Waals surface area contributed by atoms with Gasteiger partial charge in [-0.05, 0) is 26.8 Å². The molecule has 0 aliphatic carbocycles. The van der Waals surface area contributed by atoms with Crippen LogP contribution in [0.3, 0.4) is 0 Å². The average molecular weight is 353 g/mol. The maximum Gasteiger partial charge on any atom is 0.283 e. The number of hydrogen-bond acceptors (Lipinski definition) is 6. The predicted molar refractivity (Wildman–Crippen MR) is 86.6 cm³/mol. The summed E-state index contributed by atoms with van der Waals surface area (Å²) >= 11 is 2.75. The van der Waals surface area contributed by atoms with Crippen LogP contribution in [0.25, 0.3) is 10.1 Å². The summed E-state index contributed by atoms with van der Waals surface area (Å²) < 4.78 is 32.6. The summed E-state index contributed by atoms with van der Waals surface area (Å²) in [6.07, 6.45) is 0. The van der Waals surface area contributed by atoms with Crippen LogP contribution in [0.4, 0.5) is 5.88 Å². The molecule has 0 radical (unpaired) electrons. The number of anilines is 1. The molecule has 0 bridgehead atoms. The molecule has 3 aromatic rings. The molecule has 0 atom stereocenters. The van der Waals surface area contributed by atoms with E-state index in [1.807, 2.05) is 13.8 Å². The molecular formula is C14H11NO4S3. The van der Waals surface area contributed by atoms with Crippen molar-refractivity contribution in [2.45, 2.75) is 25.0 Å². The highest BCUT2D eigenvalue weighted by molar-refractivity contribution is 7.96. The molecule has 8 heteroatoms. The van der Waals surface area contributed by atoms with Crippen molar-refractivity contribution in [2.24, 2.45) is 0 Å². The number of furan rings is 1. The fraction of sp³-hybridized carbons (Fsp3) is 0.214. The van der Waals surface area contributed by atoms with Gasteiger partial charge in [-0.15, -0.1) is 22.7 Å². The summed E-state index contributed by atoms with van der Waals surface area (Å²) in [6, 6.07) is 3.14. The van der Waals surface area contributed by atoms with Crippen LogP contribution in [0, 0.1) is 20.8 Å². The summed E-state index contributed by atoms with van der Waals surface area (Å²) in [5.41, 5.74) is 0.288. The number of fused-ring (bicyclic) bond motifs is 3. The summed E-state index contributed by atoms with van der Waals surface area (Å²) in [6.45, 7) is 5.56. The first-order valence-corrected chi connectivity index (χ1v) is 9.58. The van der Waals surface area contributed by atoms with Crippen molar-refractivity contribution in [3.05, 3.63) is 33.2 Å². The monoisotopic (exact) mass is 353 g/mol. The van der Waals surface area contributed by atoms with E-state index in [-0.39, 0.29) is 15.7 Å². The third-order valence-electron chi connectivity index (χ3n) is 3.65. The number of carbonyl (C=O) groups is 1. The number of amides is 1. The van der Waals surface area contributed by atoms with Crippen LogP contribution in [-0.4, -0.2) is 14.3 Å². The highest BCUT2D eigenvalue weighted by Crippen LogP contribution is 2.48. The zero-order valence-corrected chi connectivity index (χ0v) is 14.4. The Bertz CT molecular complexity index is 1050. The molecule has 1 aliphatic heterocycles. The van der Waals surface area contributed by atoms with Crippen molar-refractivity contribution >= 4 is 54.6 Å². The largest absolute Gasteiger partial charge is 0.444 e. The Kier molecular flexibility index (Phi) is 2.68. The van der Waals surface area contributed by atoms with Gasteiger partial charge in [0.05, 0.1) is 10.3 Å². The fourth-order valence-corrected chi connectivity index (χ4v) is 7.15. The Morgan fingerprint density at radius 1 is 1.09 bits per heavy atom. The van der Waals surface area contributed by atoms with E-state index in [2.05, 4.69) is 0 Å². The summed E-state index contributed by atoms with van der Waals surface area (Å²) in [5.74, 6) is 0.0705. The fourth-order valence-electron chi connectivity index (χ4n) is 2.74. The average Bonchev–Trinajstić information content (AvgIpc) is 3.10.